The molecule has 1 heterocycles. The van der Waals surface area contributed by atoms with Gasteiger partial charge in [0.25, 0.3) is 0 Å². The number of hydrogen-bond acceptors (Lipinski definition) is 5. The topological polar surface area (TPSA) is 57.1 Å². The molecule has 0 fully saturated rings. The van der Waals surface area contributed by atoms with Gasteiger partial charge in [-0.05, 0) is 31.0 Å². The maximum absolute atomic E-state index is 5.79. The van der Waals surface area contributed by atoms with E-state index in [4.69, 9.17) is 21.1 Å². The number of halogens is 1. The molecule has 1 unspecified atom stereocenters. The van der Waals surface area contributed by atoms with Crippen molar-refractivity contribution in [3.05, 3.63) is 41.2 Å². The minimum Gasteiger partial charge on any atom is -0.464 e. The van der Waals surface area contributed by atoms with Crippen molar-refractivity contribution in [3.63, 3.8) is 0 Å². The van der Waals surface area contributed by atoms with E-state index < -0.39 is 0 Å². The van der Waals surface area contributed by atoms with Crippen molar-refractivity contribution in [2.75, 3.05) is 6.61 Å². The number of ether oxygens (including phenoxy) is 2. The largest absolute Gasteiger partial charge is 0.464 e. The molecule has 0 N–H and O–H groups in total. The molecule has 0 amide bonds. The number of rotatable bonds is 5. The van der Waals surface area contributed by atoms with Crippen molar-refractivity contribution >= 4 is 11.6 Å². The zero-order valence-electron chi connectivity index (χ0n) is 10.7. The third-order valence-electron chi connectivity index (χ3n) is 2.39. The summed E-state index contributed by atoms with van der Waals surface area (Å²) in [6.45, 7) is 4.20. The van der Waals surface area contributed by atoms with Gasteiger partial charge in [0.15, 0.2) is 0 Å². The molecule has 0 aliphatic heterocycles. The first-order valence-corrected chi connectivity index (χ1v) is 6.33. The van der Waals surface area contributed by atoms with E-state index >= 15 is 0 Å². The normalized spacial score (nSPS) is 11.9. The lowest BCUT2D eigenvalue weighted by molar-refractivity contribution is 0.200. The fourth-order valence-corrected chi connectivity index (χ4v) is 1.66. The molecule has 100 valence electrons. The molecule has 1 atom stereocenters. The predicted molar refractivity (Wildman–Crippen MR) is 71.5 cm³/mol. The third kappa shape index (κ3) is 3.79. The van der Waals surface area contributed by atoms with E-state index in [9.17, 15) is 0 Å². The monoisotopic (exact) mass is 279 g/mol. The Balaban J connectivity index is 2.14. The Morgan fingerprint density at radius 1 is 1.11 bits per heavy atom. The van der Waals surface area contributed by atoms with Gasteiger partial charge in [0.05, 0.1) is 6.61 Å². The Labute approximate surface area is 116 Å². The molecule has 6 heteroatoms. The fourth-order valence-electron chi connectivity index (χ4n) is 1.51. The van der Waals surface area contributed by atoms with Gasteiger partial charge in [-0.25, -0.2) is 0 Å². The van der Waals surface area contributed by atoms with Crippen molar-refractivity contribution in [2.24, 2.45) is 0 Å². The van der Waals surface area contributed by atoms with Gasteiger partial charge in [-0.15, -0.1) is 4.98 Å². The molecule has 0 saturated carbocycles. The van der Waals surface area contributed by atoms with Crippen molar-refractivity contribution < 1.29 is 9.47 Å². The minimum atomic E-state index is -0.186. The first kappa shape index (κ1) is 13.5. The van der Waals surface area contributed by atoms with Crippen LogP contribution in [0, 0.1) is 0 Å². The Hall–Kier alpha value is -1.88. The second-order valence-corrected chi connectivity index (χ2v) is 4.11. The number of benzene rings is 1. The zero-order chi connectivity index (χ0) is 13.7. The summed E-state index contributed by atoms with van der Waals surface area (Å²) in [5.41, 5.74) is 1.02. The van der Waals surface area contributed by atoms with Crippen molar-refractivity contribution in [2.45, 2.75) is 20.0 Å². The molecule has 0 aliphatic carbocycles. The van der Waals surface area contributed by atoms with E-state index in [1.807, 2.05) is 44.2 Å². The summed E-state index contributed by atoms with van der Waals surface area (Å²) in [4.78, 5) is 11.8. The van der Waals surface area contributed by atoms with Gasteiger partial charge in [0.1, 0.15) is 6.10 Å². The summed E-state index contributed by atoms with van der Waals surface area (Å²) >= 11 is 5.79. The lowest BCUT2D eigenvalue weighted by Crippen LogP contribution is -2.08. The van der Waals surface area contributed by atoms with Crippen molar-refractivity contribution in [3.8, 4) is 12.0 Å². The molecule has 1 aromatic heterocycles. The Kier molecular flexibility index (Phi) is 4.52. The molecule has 0 saturated heterocycles. The van der Waals surface area contributed by atoms with Crippen molar-refractivity contribution in [1.29, 1.82) is 0 Å². The van der Waals surface area contributed by atoms with Gasteiger partial charge in [0.2, 0.25) is 5.28 Å². The van der Waals surface area contributed by atoms with Crippen LogP contribution in [-0.4, -0.2) is 21.6 Å². The van der Waals surface area contributed by atoms with E-state index in [1.165, 1.54) is 0 Å². The average Bonchev–Trinajstić information content (AvgIpc) is 2.39. The second-order valence-electron chi connectivity index (χ2n) is 3.77. The molecule has 0 bridgehead atoms. The van der Waals surface area contributed by atoms with Crippen LogP contribution in [0.2, 0.25) is 5.28 Å². The molecule has 19 heavy (non-hydrogen) atoms. The molecule has 0 aliphatic rings. The van der Waals surface area contributed by atoms with Crippen LogP contribution in [0.25, 0.3) is 0 Å². The highest BCUT2D eigenvalue weighted by Gasteiger charge is 2.12. The Bertz CT molecular complexity index is 537. The number of aromatic nitrogens is 3. The molecular weight excluding hydrogens is 266 g/mol. The smallest absolute Gasteiger partial charge is 0.324 e. The third-order valence-corrected chi connectivity index (χ3v) is 2.56. The lowest BCUT2D eigenvalue weighted by Gasteiger charge is -2.13. The van der Waals surface area contributed by atoms with Crippen LogP contribution in [0.3, 0.4) is 0 Å². The first-order valence-electron chi connectivity index (χ1n) is 5.95. The van der Waals surface area contributed by atoms with Gasteiger partial charge in [0, 0.05) is 0 Å². The predicted octanol–water partition coefficient (Wildman–Crippen LogP) is 3.06. The van der Waals surface area contributed by atoms with E-state index in [-0.39, 0.29) is 23.4 Å². The van der Waals surface area contributed by atoms with Gasteiger partial charge in [-0.2, -0.15) is 9.97 Å². The standard InChI is InChI=1S/C13H14ClN3O2/c1-3-18-12-15-11(14)16-13(17-12)19-9(2)10-7-5-4-6-8-10/h4-9H,3H2,1-2H3. The summed E-state index contributed by atoms with van der Waals surface area (Å²) in [7, 11) is 0. The quantitative estimate of drug-likeness (QED) is 0.842. The summed E-state index contributed by atoms with van der Waals surface area (Å²) < 4.78 is 10.8. The van der Waals surface area contributed by atoms with E-state index in [0.717, 1.165) is 5.56 Å². The molecule has 1 aromatic carbocycles. The Morgan fingerprint density at radius 3 is 2.47 bits per heavy atom. The minimum absolute atomic E-state index is 0.0497. The van der Waals surface area contributed by atoms with Crippen LogP contribution in [0.5, 0.6) is 12.0 Å². The van der Waals surface area contributed by atoms with Crippen LogP contribution in [0.4, 0.5) is 0 Å². The van der Waals surface area contributed by atoms with E-state index in [2.05, 4.69) is 15.0 Å². The zero-order valence-corrected chi connectivity index (χ0v) is 11.5. The summed E-state index contributed by atoms with van der Waals surface area (Å²) in [5, 5.41) is 0.0497. The van der Waals surface area contributed by atoms with Gasteiger partial charge in [-0.3, -0.25) is 0 Å². The highest BCUT2D eigenvalue weighted by molar-refractivity contribution is 6.28. The van der Waals surface area contributed by atoms with E-state index in [0.29, 0.717) is 6.61 Å². The molecule has 2 aromatic rings. The van der Waals surface area contributed by atoms with Gasteiger partial charge in [-0.1, -0.05) is 30.3 Å². The maximum Gasteiger partial charge on any atom is 0.324 e. The van der Waals surface area contributed by atoms with Crippen LogP contribution >= 0.6 is 11.6 Å². The highest BCUT2D eigenvalue weighted by atomic mass is 35.5. The first-order chi connectivity index (χ1) is 9.19. The van der Waals surface area contributed by atoms with Gasteiger partial charge >= 0.3 is 12.0 Å². The number of nitrogens with zero attached hydrogens (tertiary/aromatic N) is 3. The SMILES string of the molecule is CCOc1nc(Cl)nc(OC(C)c2ccccc2)n1. The molecule has 0 spiro atoms. The molecule has 5 nitrogen and oxygen atoms in total. The average molecular weight is 280 g/mol. The number of hydrogen-bond donors (Lipinski definition) is 0. The molecular formula is C13H14ClN3O2. The fraction of sp³-hybridized carbons (Fsp3) is 0.308. The summed E-state index contributed by atoms with van der Waals surface area (Å²) in [5.74, 6) is 0. The van der Waals surface area contributed by atoms with Crippen LogP contribution < -0.4 is 9.47 Å². The maximum atomic E-state index is 5.79. The lowest BCUT2D eigenvalue weighted by atomic mass is 10.1. The van der Waals surface area contributed by atoms with E-state index in [1.54, 1.807) is 0 Å². The summed E-state index contributed by atoms with van der Waals surface area (Å²) in [6.07, 6.45) is -0.186. The highest BCUT2D eigenvalue weighted by Crippen LogP contribution is 2.20. The van der Waals surface area contributed by atoms with Crippen LogP contribution in [0.1, 0.15) is 25.5 Å². The van der Waals surface area contributed by atoms with Crippen LogP contribution in [0.15, 0.2) is 30.3 Å². The van der Waals surface area contributed by atoms with Crippen LogP contribution in [-0.2, 0) is 0 Å². The van der Waals surface area contributed by atoms with Crippen molar-refractivity contribution in [1.82, 2.24) is 15.0 Å². The van der Waals surface area contributed by atoms with Gasteiger partial charge < -0.3 is 9.47 Å². The second kappa shape index (κ2) is 6.33. The summed E-state index contributed by atoms with van der Waals surface area (Å²) in [6, 6.07) is 10.1. The Morgan fingerprint density at radius 2 is 1.79 bits per heavy atom. The molecule has 0 radical (unpaired) electrons. The molecule has 2 rings (SSSR count).